The molecule has 0 amide bonds. The van der Waals surface area contributed by atoms with E-state index >= 15 is 0 Å². The average molecular weight is 674 g/mol. The van der Waals surface area contributed by atoms with Gasteiger partial charge in [-0.05, 0) is 61.0 Å². The maximum absolute atomic E-state index is 13.6. The van der Waals surface area contributed by atoms with Crippen molar-refractivity contribution < 1.29 is 20.1 Å². The van der Waals surface area contributed by atoms with Gasteiger partial charge in [-0.2, -0.15) is 0 Å². The third-order valence-corrected chi connectivity index (χ3v) is 9.16. The minimum atomic E-state index is -1.74. The summed E-state index contributed by atoms with van der Waals surface area (Å²) in [5.41, 5.74) is 1.11. The van der Waals surface area contributed by atoms with Gasteiger partial charge in [0.15, 0.2) is 0 Å². The SMILES string of the molecule is CC(C)C(N=Cc1cc([N+](=O)[O-])cc([N+](=O)[O-])c1O)C(O)(c1cc(C(C)(C)C)cc(C(C)(C)C)c1)c1cc(C(C)(C)C)cc(C(C)(C)C)c1. The summed E-state index contributed by atoms with van der Waals surface area (Å²) in [7, 11) is 0. The molecule has 0 aromatic heterocycles. The molecule has 9 heteroatoms. The predicted molar refractivity (Wildman–Crippen MR) is 198 cm³/mol. The largest absolute Gasteiger partial charge is 0.502 e. The first-order valence-corrected chi connectivity index (χ1v) is 16.8. The predicted octanol–water partition coefficient (Wildman–Crippen LogP) is 9.78. The van der Waals surface area contributed by atoms with Crippen LogP contribution in [0.4, 0.5) is 11.4 Å². The van der Waals surface area contributed by atoms with Crippen LogP contribution in [0, 0.1) is 26.1 Å². The Hall–Kier alpha value is -4.11. The summed E-state index contributed by atoms with van der Waals surface area (Å²) in [6.07, 6.45) is 1.21. The number of rotatable bonds is 8. The summed E-state index contributed by atoms with van der Waals surface area (Å²) in [6.45, 7) is 29.4. The van der Waals surface area contributed by atoms with Gasteiger partial charge in [-0.25, -0.2) is 0 Å². The first-order chi connectivity index (χ1) is 22.1. The van der Waals surface area contributed by atoms with Crippen LogP contribution in [0.25, 0.3) is 0 Å². The number of nitro groups is 2. The molecule has 266 valence electrons. The van der Waals surface area contributed by atoms with Crippen molar-refractivity contribution in [1.29, 1.82) is 0 Å². The van der Waals surface area contributed by atoms with E-state index in [1.54, 1.807) is 0 Å². The van der Waals surface area contributed by atoms with Crippen molar-refractivity contribution in [2.75, 3.05) is 0 Å². The lowest BCUT2D eigenvalue weighted by atomic mass is 9.70. The maximum atomic E-state index is 13.6. The van der Waals surface area contributed by atoms with E-state index in [1.165, 1.54) is 6.21 Å². The van der Waals surface area contributed by atoms with Crippen LogP contribution in [-0.2, 0) is 27.3 Å². The van der Waals surface area contributed by atoms with Gasteiger partial charge in [-0.1, -0.05) is 133 Å². The maximum Gasteiger partial charge on any atom is 0.318 e. The van der Waals surface area contributed by atoms with Gasteiger partial charge in [-0.3, -0.25) is 25.2 Å². The lowest BCUT2D eigenvalue weighted by Crippen LogP contribution is -2.44. The molecule has 3 aromatic rings. The van der Waals surface area contributed by atoms with Gasteiger partial charge < -0.3 is 10.2 Å². The highest BCUT2D eigenvalue weighted by Crippen LogP contribution is 2.44. The molecule has 3 aromatic carbocycles. The molecule has 0 saturated carbocycles. The molecule has 1 atom stereocenters. The molecule has 1 unspecified atom stereocenters. The molecule has 0 radical (unpaired) electrons. The molecule has 49 heavy (non-hydrogen) atoms. The Labute approximate surface area is 291 Å². The summed E-state index contributed by atoms with van der Waals surface area (Å²) in [4.78, 5) is 26.6. The van der Waals surface area contributed by atoms with E-state index in [2.05, 4.69) is 95.2 Å². The van der Waals surface area contributed by atoms with Crippen LogP contribution >= 0.6 is 0 Å². The minimum absolute atomic E-state index is 0.188. The van der Waals surface area contributed by atoms with Crippen molar-refractivity contribution in [2.45, 2.75) is 130 Å². The number of aromatic hydroxyl groups is 1. The number of nitro benzene ring substituents is 2. The number of hydrogen-bond donors (Lipinski definition) is 2. The van der Waals surface area contributed by atoms with Crippen molar-refractivity contribution in [1.82, 2.24) is 0 Å². The lowest BCUT2D eigenvalue weighted by molar-refractivity contribution is -0.394. The van der Waals surface area contributed by atoms with Crippen molar-refractivity contribution in [3.05, 3.63) is 108 Å². The van der Waals surface area contributed by atoms with Crippen molar-refractivity contribution in [3.63, 3.8) is 0 Å². The number of phenolic OH excluding ortho intramolecular Hbond substituents is 1. The van der Waals surface area contributed by atoms with Crippen LogP contribution in [0.3, 0.4) is 0 Å². The summed E-state index contributed by atoms with van der Waals surface area (Å²) >= 11 is 0. The first-order valence-electron chi connectivity index (χ1n) is 16.8. The molecule has 0 spiro atoms. The Morgan fingerprint density at radius 1 is 0.612 bits per heavy atom. The molecule has 0 aliphatic rings. The standard InChI is InChI=1S/C40H55N3O6/c1-24(2)35(41-23-25-15-32(42(46)47)22-33(34(25)44)43(48)49)40(45,30-18-26(36(3,4)5)16-27(19-30)37(6,7)8)31-20-28(38(9,10)11)17-29(21-31)39(12,13)14/h15-24,35,44-45H,1-14H3. The van der Waals surface area contributed by atoms with E-state index in [4.69, 9.17) is 4.99 Å². The average Bonchev–Trinajstić information content (AvgIpc) is 2.95. The third-order valence-electron chi connectivity index (χ3n) is 9.16. The second-order valence-electron chi connectivity index (χ2n) is 17.7. The van der Waals surface area contributed by atoms with Crippen LogP contribution in [0.5, 0.6) is 5.75 Å². The molecular formula is C40H55N3O6. The highest BCUT2D eigenvalue weighted by Gasteiger charge is 2.44. The fourth-order valence-electron chi connectivity index (χ4n) is 5.83. The van der Waals surface area contributed by atoms with Gasteiger partial charge in [0.25, 0.3) is 5.69 Å². The Kier molecular flexibility index (Phi) is 10.7. The van der Waals surface area contributed by atoms with Gasteiger partial charge in [0.2, 0.25) is 5.75 Å². The fraction of sp³-hybridized carbons (Fsp3) is 0.525. The Bertz CT molecular complexity index is 1620. The molecular weight excluding hydrogens is 618 g/mol. The Morgan fingerprint density at radius 2 is 0.959 bits per heavy atom. The molecule has 0 heterocycles. The normalized spacial score (nSPS) is 14.0. The molecule has 0 aliphatic heterocycles. The summed E-state index contributed by atoms with van der Waals surface area (Å²) in [5.74, 6) is -1.04. The van der Waals surface area contributed by atoms with Gasteiger partial charge >= 0.3 is 5.69 Å². The van der Waals surface area contributed by atoms with E-state index in [1.807, 2.05) is 38.1 Å². The smallest absolute Gasteiger partial charge is 0.318 e. The summed E-state index contributed by atoms with van der Waals surface area (Å²) in [5, 5.41) is 47.8. The number of aliphatic hydroxyl groups is 1. The number of phenols is 1. The van der Waals surface area contributed by atoms with Gasteiger partial charge in [0.05, 0.1) is 22.0 Å². The van der Waals surface area contributed by atoms with Gasteiger partial charge in [0, 0.05) is 17.8 Å². The zero-order valence-corrected chi connectivity index (χ0v) is 31.7. The van der Waals surface area contributed by atoms with Crippen LogP contribution in [-0.4, -0.2) is 32.3 Å². The van der Waals surface area contributed by atoms with Gasteiger partial charge in [0.1, 0.15) is 5.60 Å². The molecule has 0 aliphatic carbocycles. The third kappa shape index (κ3) is 8.55. The lowest BCUT2D eigenvalue weighted by Gasteiger charge is -2.40. The quantitative estimate of drug-likeness (QED) is 0.139. The highest BCUT2D eigenvalue weighted by molar-refractivity contribution is 5.87. The number of non-ortho nitro benzene ring substituents is 1. The Balaban J connectivity index is 2.57. The molecule has 2 N–H and O–H groups in total. The van der Waals surface area contributed by atoms with Crippen LogP contribution in [0.15, 0.2) is 53.5 Å². The monoisotopic (exact) mass is 673 g/mol. The zero-order chi connectivity index (χ0) is 37.7. The zero-order valence-electron chi connectivity index (χ0n) is 31.7. The molecule has 3 rings (SSSR count). The summed E-state index contributed by atoms with van der Waals surface area (Å²) in [6, 6.07) is 13.4. The summed E-state index contributed by atoms with van der Waals surface area (Å²) < 4.78 is 0. The number of hydrogen-bond acceptors (Lipinski definition) is 7. The number of benzene rings is 3. The highest BCUT2D eigenvalue weighted by atomic mass is 16.6. The van der Waals surface area contributed by atoms with E-state index in [0.29, 0.717) is 11.1 Å². The molecule has 9 nitrogen and oxygen atoms in total. The number of nitrogens with zero attached hydrogens (tertiary/aromatic N) is 3. The second kappa shape index (κ2) is 13.3. The molecule has 0 saturated heterocycles. The Morgan fingerprint density at radius 3 is 1.24 bits per heavy atom. The molecule has 0 fully saturated rings. The second-order valence-corrected chi connectivity index (χ2v) is 17.7. The minimum Gasteiger partial charge on any atom is -0.502 e. The van der Waals surface area contributed by atoms with E-state index in [9.17, 15) is 30.4 Å². The first kappa shape index (κ1) is 39.3. The fourth-order valence-corrected chi connectivity index (χ4v) is 5.83. The number of aliphatic imine (C=N–C) groups is 1. The topological polar surface area (TPSA) is 139 Å². The molecule has 0 bridgehead atoms. The van der Waals surface area contributed by atoms with E-state index in [0.717, 1.165) is 34.4 Å². The van der Waals surface area contributed by atoms with E-state index in [-0.39, 0.29) is 33.1 Å². The van der Waals surface area contributed by atoms with Crippen molar-refractivity contribution in [3.8, 4) is 5.75 Å². The van der Waals surface area contributed by atoms with Crippen LogP contribution < -0.4 is 0 Å². The van der Waals surface area contributed by atoms with E-state index < -0.39 is 38.6 Å². The van der Waals surface area contributed by atoms with Crippen molar-refractivity contribution >= 4 is 17.6 Å². The van der Waals surface area contributed by atoms with Gasteiger partial charge in [-0.15, -0.1) is 0 Å². The van der Waals surface area contributed by atoms with Crippen molar-refractivity contribution in [2.24, 2.45) is 10.9 Å². The van der Waals surface area contributed by atoms with Crippen LogP contribution in [0.1, 0.15) is 136 Å². The van der Waals surface area contributed by atoms with Crippen LogP contribution in [0.2, 0.25) is 0 Å².